The Morgan fingerprint density at radius 3 is 1.89 bits per heavy atom. The van der Waals surface area contributed by atoms with E-state index >= 15 is 0 Å². The molecule has 7 nitrogen and oxygen atoms in total. The molecule has 0 aromatic heterocycles. The van der Waals surface area contributed by atoms with Crippen LogP contribution in [-0.2, 0) is 31.8 Å². The fourth-order valence-electron chi connectivity index (χ4n) is 4.87. The zero-order chi connectivity index (χ0) is 31.4. The molecule has 1 atom stereocenters. The number of anilines is 1. The molecule has 0 saturated heterocycles. The van der Waals surface area contributed by atoms with Gasteiger partial charge in [-0.3, -0.25) is 19.1 Å². The lowest BCUT2D eigenvalue weighted by Gasteiger charge is -2.17. The summed E-state index contributed by atoms with van der Waals surface area (Å²) in [5.41, 5.74) is 4.57. The Hall–Kier alpha value is -4.56. The number of amides is 2. The Labute approximate surface area is 259 Å². The smallest absolute Gasteiger partial charge is 0.239 e. The number of sulfonamides is 1. The van der Waals surface area contributed by atoms with Crippen LogP contribution in [0.4, 0.5) is 5.69 Å². The van der Waals surface area contributed by atoms with E-state index in [0.717, 1.165) is 35.2 Å². The molecule has 0 bridgehead atoms. The Kier molecular flexibility index (Phi) is 11.6. The summed E-state index contributed by atoms with van der Waals surface area (Å²) in [6.45, 7) is 2.04. The van der Waals surface area contributed by atoms with Gasteiger partial charge in [0.2, 0.25) is 21.8 Å². The van der Waals surface area contributed by atoms with Crippen LogP contribution in [0.1, 0.15) is 60.5 Å². The SMILES string of the molecule is CCCCC(=O)Nc1ccc(-c2ccc(C(=O)CC(CCc3ccccc3)C(=O)NS(=O)(=O)Cc3ccccc3)cc2)cc1. The van der Waals surface area contributed by atoms with Gasteiger partial charge in [0.05, 0.1) is 5.75 Å². The number of unbranched alkanes of at least 4 members (excludes halogenated alkanes) is 1. The van der Waals surface area contributed by atoms with Crippen LogP contribution < -0.4 is 10.0 Å². The predicted octanol–water partition coefficient (Wildman–Crippen LogP) is 6.95. The zero-order valence-electron chi connectivity index (χ0n) is 24.9. The highest BCUT2D eigenvalue weighted by Crippen LogP contribution is 2.24. The van der Waals surface area contributed by atoms with Crippen molar-refractivity contribution in [1.29, 1.82) is 0 Å². The van der Waals surface area contributed by atoms with E-state index in [4.69, 9.17) is 0 Å². The van der Waals surface area contributed by atoms with Crippen LogP contribution in [0.3, 0.4) is 0 Å². The molecule has 1 unspecified atom stereocenters. The minimum Gasteiger partial charge on any atom is -0.326 e. The highest BCUT2D eigenvalue weighted by atomic mass is 32.2. The lowest BCUT2D eigenvalue weighted by atomic mass is 9.91. The molecule has 4 aromatic rings. The number of ketones is 1. The fourth-order valence-corrected chi connectivity index (χ4v) is 6.05. The van der Waals surface area contributed by atoms with Gasteiger partial charge in [-0.15, -0.1) is 0 Å². The summed E-state index contributed by atoms with van der Waals surface area (Å²) in [6, 6.07) is 32.8. The monoisotopic (exact) mass is 610 g/mol. The van der Waals surface area contributed by atoms with Gasteiger partial charge in [-0.1, -0.05) is 110 Å². The Bertz CT molecular complexity index is 1640. The molecular formula is C36H38N2O5S. The third-order valence-electron chi connectivity index (χ3n) is 7.35. The lowest BCUT2D eigenvalue weighted by Crippen LogP contribution is -2.37. The van der Waals surface area contributed by atoms with E-state index in [2.05, 4.69) is 10.0 Å². The first-order valence-corrected chi connectivity index (χ1v) is 16.5. The average Bonchev–Trinajstić information content (AvgIpc) is 3.03. The Morgan fingerprint density at radius 2 is 1.30 bits per heavy atom. The molecule has 0 aliphatic rings. The molecule has 0 spiro atoms. The van der Waals surface area contributed by atoms with E-state index in [1.54, 1.807) is 42.5 Å². The fraction of sp³-hybridized carbons (Fsp3) is 0.250. The van der Waals surface area contributed by atoms with Gasteiger partial charge in [0.1, 0.15) is 0 Å². The normalized spacial score (nSPS) is 11.8. The van der Waals surface area contributed by atoms with E-state index in [-0.39, 0.29) is 23.9 Å². The zero-order valence-corrected chi connectivity index (χ0v) is 25.7. The third kappa shape index (κ3) is 10.0. The summed E-state index contributed by atoms with van der Waals surface area (Å²) < 4.78 is 27.8. The summed E-state index contributed by atoms with van der Waals surface area (Å²) >= 11 is 0. The molecule has 0 heterocycles. The summed E-state index contributed by atoms with van der Waals surface area (Å²) in [5, 5.41) is 2.90. The van der Waals surface area contributed by atoms with Crippen LogP contribution in [0.25, 0.3) is 11.1 Å². The van der Waals surface area contributed by atoms with Gasteiger partial charge >= 0.3 is 0 Å². The standard InChI is InChI=1S/C36H38N2O5S/c1-2-3-14-35(40)37-33-23-21-30(22-24-33)29-17-19-31(20-18-29)34(39)25-32(16-15-27-10-6-4-7-11-27)36(41)38-44(42,43)26-28-12-8-5-9-13-28/h4-13,17-24,32H,2-3,14-16,25-26H2,1H3,(H,37,40)(H,38,41). The second-order valence-electron chi connectivity index (χ2n) is 10.9. The number of Topliss-reactive ketones (excluding diaryl/α,β-unsaturated/α-hetero) is 1. The van der Waals surface area contributed by atoms with Crippen LogP contribution in [0.15, 0.2) is 109 Å². The molecule has 0 aliphatic carbocycles. The van der Waals surface area contributed by atoms with Crippen molar-refractivity contribution in [2.75, 3.05) is 5.32 Å². The Balaban J connectivity index is 1.42. The molecule has 0 aliphatic heterocycles. The van der Waals surface area contributed by atoms with Crippen molar-refractivity contribution < 1.29 is 22.8 Å². The molecular weight excluding hydrogens is 572 g/mol. The lowest BCUT2D eigenvalue weighted by molar-refractivity contribution is -0.123. The Morgan fingerprint density at radius 1 is 0.727 bits per heavy atom. The molecule has 4 rings (SSSR count). The van der Waals surface area contributed by atoms with Crippen LogP contribution in [-0.4, -0.2) is 26.0 Å². The number of benzene rings is 4. The molecule has 0 saturated carbocycles. The third-order valence-corrected chi connectivity index (χ3v) is 8.57. The maximum absolute atomic E-state index is 13.3. The predicted molar refractivity (Wildman–Crippen MR) is 174 cm³/mol. The van der Waals surface area contributed by atoms with E-state index < -0.39 is 21.8 Å². The molecule has 0 radical (unpaired) electrons. The van der Waals surface area contributed by atoms with Crippen molar-refractivity contribution in [1.82, 2.24) is 4.72 Å². The highest BCUT2D eigenvalue weighted by Gasteiger charge is 2.26. The summed E-state index contributed by atoms with van der Waals surface area (Å²) in [6.07, 6.45) is 3.03. The van der Waals surface area contributed by atoms with Gasteiger partial charge in [-0.2, -0.15) is 0 Å². The van der Waals surface area contributed by atoms with Gasteiger partial charge in [0, 0.05) is 30.0 Å². The average molecular weight is 611 g/mol. The minimum absolute atomic E-state index is 0.00740. The summed E-state index contributed by atoms with van der Waals surface area (Å²) in [4.78, 5) is 38.6. The van der Waals surface area contributed by atoms with Crippen LogP contribution in [0.2, 0.25) is 0 Å². The number of hydrogen-bond acceptors (Lipinski definition) is 5. The highest BCUT2D eigenvalue weighted by molar-refractivity contribution is 7.89. The number of aryl methyl sites for hydroxylation is 1. The first-order valence-electron chi connectivity index (χ1n) is 14.9. The summed E-state index contributed by atoms with van der Waals surface area (Å²) in [5.74, 6) is -2.08. The van der Waals surface area contributed by atoms with Crippen molar-refractivity contribution in [3.63, 3.8) is 0 Å². The molecule has 4 aromatic carbocycles. The van der Waals surface area contributed by atoms with Crippen molar-refractivity contribution >= 4 is 33.3 Å². The van der Waals surface area contributed by atoms with Crippen molar-refractivity contribution in [3.05, 3.63) is 126 Å². The van der Waals surface area contributed by atoms with Crippen molar-refractivity contribution in [2.24, 2.45) is 5.92 Å². The molecule has 2 amide bonds. The first-order chi connectivity index (χ1) is 21.2. The molecule has 44 heavy (non-hydrogen) atoms. The van der Waals surface area contributed by atoms with Crippen molar-refractivity contribution in [3.8, 4) is 11.1 Å². The van der Waals surface area contributed by atoms with E-state index in [0.29, 0.717) is 30.4 Å². The number of nitrogens with one attached hydrogen (secondary N) is 2. The van der Waals surface area contributed by atoms with Gasteiger partial charge in [0.15, 0.2) is 5.78 Å². The number of hydrogen-bond donors (Lipinski definition) is 2. The van der Waals surface area contributed by atoms with E-state index in [1.165, 1.54) is 0 Å². The van der Waals surface area contributed by atoms with Crippen molar-refractivity contribution in [2.45, 2.75) is 51.2 Å². The maximum atomic E-state index is 13.3. The van der Waals surface area contributed by atoms with Gasteiger partial charge < -0.3 is 5.32 Å². The van der Waals surface area contributed by atoms with Gasteiger partial charge in [0.25, 0.3) is 0 Å². The molecule has 0 fully saturated rings. The number of rotatable bonds is 15. The maximum Gasteiger partial charge on any atom is 0.239 e. The number of carbonyl (C=O) groups excluding carboxylic acids is 3. The second-order valence-corrected chi connectivity index (χ2v) is 12.6. The van der Waals surface area contributed by atoms with Gasteiger partial charge in [-0.05, 0) is 53.6 Å². The first kappa shape index (κ1) is 32.4. The minimum atomic E-state index is -3.95. The second kappa shape index (κ2) is 15.8. The van der Waals surface area contributed by atoms with Crippen LogP contribution >= 0.6 is 0 Å². The quantitative estimate of drug-likeness (QED) is 0.142. The van der Waals surface area contributed by atoms with E-state index in [9.17, 15) is 22.8 Å². The van der Waals surface area contributed by atoms with Crippen LogP contribution in [0.5, 0.6) is 0 Å². The summed E-state index contributed by atoms with van der Waals surface area (Å²) in [7, 11) is -3.95. The topological polar surface area (TPSA) is 109 Å². The molecule has 8 heteroatoms. The molecule has 228 valence electrons. The van der Waals surface area contributed by atoms with Gasteiger partial charge in [-0.25, -0.2) is 8.42 Å². The van der Waals surface area contributed by atoms with Crippen LogP contribution in [0, 0.1) is 5.92 Å². The molecule has 2 N–H and O–H groups in total. The number of carbonyl (C=O) groups is 3. The van der Waals surface area contributed by atoms with E-state index in [1.807, 2.05) is 73.7 Å². The largest absolute Gasteiger partial charge is 0.326 e.